The molecule has 0 saturated carbocycles. The molecule has 0 spiro atoms. The number of piperidine rings is 1. The molecule has 1 aliphatic rings. The molecule has 2 rings (SSSR count). The maximum Gasteiger partial charge on any atom is 0.246 e. The third-order valence-electron chi connectivity index (χ3n) is 3.39. The second-order valence-corrected chi connectivity index (χ2v) is 6.01. The van der Waals surface area contributed by atoms with E-state index in [0.717, 1.165) is 25.8 Å². The summed E-state index contributed by atoms with van der Waals surface area (Å²) in [5.41, 5.74) is 0. The summed E-state index contributed by atoms with van der Waals surface area (Å²) >= 11 is 0. The highest BCUT2D eigenvalue weighted by atomic mass is 16.5. The average Bonchev–Trinajstić information content (AvgIpc) is 2.83. The first-order valence-electron chi connectivity index (χ1n) is 7.51. The molecule has 0 aliphatic carbocycles. The highest BCUT2D eigenvalue weighted by molar-refractivity contribution is 5.77. The predicted octanol–water partition coefficient (Wildman–Crippen LogP) is 0.341. The molecule has 21 heavy (non-hydrogen) atoms. The van der Waals surface area contributed by atoms with E-state index in [1.54, 1.807) is 0 Å². The van der Waals surface area contributed by atoms with Crippen molar-refractivity contribution in [3.8, 4) is 0 Å². The Morgan fingerprint density at radius 3 is 3.10 bits per heavy atom. The Balaban J connectivity index is 1.72. The van der Waals surface area contributed by atoms with Gasteiger partial charge in [0.25, 0.3) is 0 Å². The van der Waals surface area contributed by atoms with Gasteiger partial charge < -0.3 is 14.9 Å². The summed E-state index contributed by atoms with van der Waals surface area (Å²) in [5.74, 6) is 1.48. The fourth-order valence-electron chi connectivity index (χ4n) is 2.42. The van der Waals surface area contributed by atoms with Crippen molar-refractivity contribution in [3.63, 3.8) is 0 Å². The lowest BCUT2D eigenvalue weighted by Crippen LogP contribution is -2.44. The number of aliphatic hydroxyl groups is 1. The van der Waals surface area contributed by atoms with Gasteiger partial charge in [-0.05, 0) is 25.3 Å². The first kappa shape index (κ1) is 15.9. The van der Waals surface area contributed by atoms with Crippen LogP contribution in [0.3, 0.4) is 0 Å². The standard InChI is InChI=1S/C14H24N4O3/c1-10(2)6-12-16-14(21-17-12)7-15-13(20)9-18-5-3-4-11(19)8-18/h10-11,19H,3-9H2,1-2H3,(H,15,20)/t11-/m0/s1. The molecule has 1 saturated heterocycles. The van der Waals surface area contributed by atoms with Gasteiger partial charge >= 0.3 is 0 Å². The molecular weight excluding hydrogens is 272 g/mol. The zero-order valence-corrected chi connectivity index (χ0v) is 12.7. The monoisotopic (exact) mass is 296 g/mol. The quantitative estimate of drug-likeness (QED) is 0.786. The Morgan fingerprint density at radius 2 is 2.38 bits per heavy atom. The minimum absolute atomic E-state index is 0.0901. The lowest BCUT2D eigenvalue weighted by Gasteiger charge is -2.29. The highest BCUT2D eigenvalue weighted by Gasteiger charge is 2.19. The lowest BCUT2D eigenvalue weighted by atomic mass is 10.1. The van der Waals surface area contributed by atoms with Crippen molar-refractivity contribution in [1.82, 2.24) is 20.4 Å². The van der Waals surface area contributed by atoms with Crippen LogP contribution in [0, 0.1) is 5.92 Å². The third-order valence-corrected chi connectivity index (χ3v) is 3.39. The van der Waals surface area contributed by atoms with Crippen LogP contribution in [0.4, 0.5) is 0 Å². The van der Waals surface area contributed by atoms with Gasteiger partial charge in [0, 0.05) is 13.0 Å². The minimum atomic E-state index is -0.318. The zero-order valence-electron chi connectivity index (χ0n) is 12.7. The smallest absolute Gasteiger partial charge is 0.246 e. The molecule has 0 radical (unpaired) electrons. The largest absolute Gasteiger partial charge is 0.392 e. The van der Waals surface area contributed by atoms with Gasteiger partial charge in [0.15, 0.2) is 5.82 Å². The molecule has 2 heterocycles. The number of amides is 1. The molecule has 1 atom stereocenters. The Morgan fingerprint density at radius 1 is 1.57 bits per heavy atom. The van der Waals surface area contributed by atoms with Gasteiger partial charge in [-0.25, -0.2) is 0 Å². The van der Waals surface area contributed by atoms with Gasteiger partial charge in [-0.1, -0.05) is 19.0 Å². The van der Waals surface area contributed by atoms with Crippen molar-refractivity contribution in [2.75, 3.05) is 19.6 Å². The lowest BCUT2D eigenvalue weighted by molar-refractivity contribution is -0.123. The summed E-state index contributed by atoms with van der Waals surface area (Å²) in [7, 11) is 0. The van der Waals surface area contributed by atoms with E-state index >= 15 is 0 Å². The fourth-order valence-corrected chi connectivity index (χ4v) is 2.42. The number of rotatable bonds is 6. The summed E-state index contributed by atoms with van der Waals surface area (Å²) in [6.45, 7) is 6.14. The maximum absolute atomic E-state index is 11.9. The Hall–Kier alpha value is -1.47. The van der Waals surface area contributed by atoms with Crippen LogP contribution >= 0.6 is 0 Å². The third kappa shape index (κ3) is 5.43. The highest BCUT2D eigenvalue weighted by Crippen LogP contribution is 2.09. The van der Waals surface area contributed by atoms with Gasteiger partial charge in [-0.2, -0.15) is 4.98 Å². The van der Waals surface area contributed by atoms with E-state index in [9.17, 15) is 9.90 Å². The predicted molar refractivity (Wildman–Crippen MR) is 76.4 cm³/mol. The molecule has 0 unspecified atom stereocenters. The number of carbonyl (C=O) groups is 1. The molecule has 1 aromatic rings. The van der Waals surface area contributed by atoms with Crippen molar-refractivity contribution in [2.45, 2.75) is 45.8 Å². The van der Waals surface area contributed by atoms with Crippen molar-refractivity contribution in [2.24, 2.45) is 5.92 Å². The minimum Gasteiger partial charge on any atom is -0.392 e. The Kier molecular flexibility index (Phi) is 5.69. The van der Waals surface area contributed by atoms with Gasteiger partial charge in [0.2, 0.25) is 11.8 Å². The van der Waals surface area contributed by atoms with Gasteiger partial charge in [0.1, 0.15) is 0 Å². The molecule has 1 amide bonds. The number of aromatic nitrogens is 2. The van der Waals surface area contributed by atoms with Gasteiger partial charge in [-0.3, -0.25) is 9.69 Å². The summed E-state index contributed by atoms with van der Waals surface area (Å²) in [4.78, 5) is 18.0. The van der Waals surface area contributed by atoms with Crippen LogP contribution in [0.2, 0.25) is 0 Å². The van der Waals surface area contributed by atoms with E-state index in [0.29, 0.717) is 30.7 Å². The SMILES string of the molecule is CC(C)Cc1noc(CNC(=O)CN2CCC[C@H](O)C2)n1. The molecule has 7 nitrogen and oxygen atoms in total. The van der Waals surface area contributed by atoms with Crippen LogP contribution in [-0.4, -0.2) is 51.8 Å². The summed E-state index contributed by atoms with van der Waals surface area (Å²) in [6, 6.07) is 0. The van der Waals surface area contributed by atoms with Crippen LogP contribution in [0.1, 0.15) is 38.4 Å². The van der Waals surface area contributed by atoms with Crippen LogP contribution in [0.25, 0.3) is 0 Å². The molecule has 0 bridgehead atoms. The number of aliphatic hydroxyl groups excluding tert-OH is 1. The summed E-state index contributed by atoms with van der Waals surface area (Å²) < 4.78 is 5.09. The number of hydrogen-bond acceptors (Lipinski definition) is 6. The molecule has 1 fully saturated rings. The maximum atomic E-state index is 11.9. The average molecular weight is 296 g/mol. The van der Waals surface area contributed by atoms with Crippen molar-refractivity contribution in [1.29, 1.82) is 0 Å². The number of nitrogens with zero attached hydrogens (tertiary/aromatic N) is 3. The number of carbonyl (C=O) groups excluding carboxylic acids is 1. The molecule has 1 aromatic heterocycles. The van der Waals surface area contributed by atoms with Gasteiger partial charge in [-0.15, -0.1) is 0 Å². The van der Waals surface area contributed by atoms with E-state index in [-0.39, 0.29) is 18.6 Å². The second-order valence-electron chi connectivity index (χ2n) is 6.01. The first-order valence-corrected chi connectivity index (χ1v) is 7.51. The van der Waals surface area contributed by atoms with E-state index in [4.69, 9.17) is 4.52 Å². The van der Waals surface area contributed by atoms with E-state index in [2.05, 4.69) is 29.3 Å². The number of β-amino-alcohol motifs (C(OH)–C–C–N with tert-alkyl or cyclic N) is 1. The molecule has 0 aromatic carbocycles. The Labute approximate surface area is 124 Å². The summed E-state index contributed by atoms with van der Waals surface area (Å²) in [5, 5.41) is 16.2. The van der Waals surface area contributed by atoms with Crippen LogP contribution in [-0.2, 0) is 17.8 Å². The van der Waals surface area contributed by atoms with Gasteiger partial charge in [0.05, 0.1) is 19.2 Å². The number of hydrogen-bond donors (Lipinski definition) is 2. The summed E-state index contributed by atoms with van der Waals surface area (Å²) in [6.07, 6.45) is 2.19. The molecule has 1 aliphatic heterocycles. The second kappa shape index (κ2) is 7.51. The van der Waals surface area contributed by atoms with Crippen LogP contribution < -0.4 is 5.32 Å². The van der Waals surface area contributed by atoms with Crippen LogP contribution in [0.5, 0.6) is 0 Å². The van der Waals surface area contributed by atoms with Crippen molar-refractivity contribution < 1.29 is 14.4 Å². The topological polar surface area (TPSA) is 91.5 Å². The van der Waals surface area contributed by atoms with E-state index in [1.165, 1.54) is 0 Å². The first-order chi connectivity index (χ1) is 10.0. The molecule has 7 heteroatoms. The Bertz CT molecular complexity index is 461. The molecular formula is C14H24N4O3. The van der Waals surface area contributed by atoms with E-state index in [1.807, 2.05) is 4.90 Å². The molecule has 2 N–H and O–H groups in total. The van der Waals surface area contributed by atoms with Crippen LogP contribution in [0.15, 0.2) is 4.52 Å². The number of likely N-dealkylation sites (tertiary alicyclic amines) is 1. The van der Waals surface area contributed by atoms with E-state index < -0.39 is 0 Å². The fraction of sp³-hybridized carbons (Fsp3) is 0.786. The van der Waals surface area contributed by atoms with Crippen molar-refractivity contribution >= 4 is 5.91 Å². The number of nitrogens with one attached hydrogen (secondary N) is 1. The molecule has 118 valence electrons. The normalized spacial score (nSPS) is 19.9. The zero-order chi connectivity index (χ0) is 15.2. The van der Waals surface area contributed by atoms with Crippen molar-refractivity contribution in [3.05, 3.63) is 11.7 Å².